The molecule has 0 aromatic rings. The van der Waals surface area contributed by atoms with Gasteiger partial charge >= 0.3 is 0 Å². The first-order valence-electron chi connectivity index (χ1n) is 7.12. The van der Waals surface area contributed by atoms with E-state index in [4.69, 9.17) is 5.73 Å². The SMILES string of the molecule is CCCN(CC(C)(C)CN)C1CCCCC1O. The summed E-state index contributed by atoms with van der Waals surface area (Å²) in [5, 5.41) is 10.2. The number of nitrogens with two attached hydrogens (primary N) is 1. The molecule has 1 rings (SSSR count). The van der Waals surface area contributed by atoms with Crippen molar-refractivity contribution in [3.63, 3.8) is 0 Å². The van der Waals surface area contributed by atoms with Crippen molar-refractivity contribution in [2.24, 2.45) is 11.1 Å². The van der Waals surface area contributed by atoms with E-state index in [-0.39, 0.29) is 11.5 Å². The minimum Gasteiger partial charge on any atom is -0.391 e. The second-order valence-corrected chi connectivity index (χ2v) is 6.26. The third kappa shape index (κ3) is 4.57. The van der Waals surface area contributed by atoms with E-state index in [9.17, 15) is 5.11 Å². The molecule has 0 radical (unpaired) electrons. The molecule has 1 fully saturated rings. The molecule has 3 N–H and O–H groups in total. The van der Waals surface area contributed by atoms with E-state index in [1.54, 1.807) is 0 Å². The largest absolute Gasteiger partial charge is 0.391 e. The van der Waals surface area contributed by atoms with E-state index < -0.39 is 0 Å². The summed E-state index contributed by atoms with van der Waals surface area (Å²) in [6.07, 6.45) is 5.55. The van der Waals surface area contributed by atoms with Crippen LogP contribution in [-0.4, -0.2) is 41.8 Å². The highest BCUT2D eigenvalue weighted by molar-refractivity contribution is 4.86. The quantitative estimate of drug-likeness (QED) is 0.749. The average molecular weight is 242 g/mol. The van der Waals surface area contributed by atoms with Crippen molar-refractivity contribution < 1.29 is 5.11 Å². The normalized spacial score (nSPS) is 26.5. The number of rotatable bonds is 6. The van der Waals surface area contributed by atoms with Crippen molar-refractivity contribution >= 4 is 0 Å². The Kier molecular flexibility index (Phi) is 5.90. The smallest absolute Gasteiger partial charge is 0.0695 e. The first kappa shape index (κ1) is 14.9. The van der Waals surface area contributed by atoms with Crippen LogP contribution in [0.2, 0.25) is 0 Å². The Morgan fingerprint density at radius 2 is 1.94 bits per heavy atom. The van der Waals surface area contributed by atoms with Gasteiger partial charge in [0.1, 0.15) is 0 Å². The lowest BCUT2D eigenvalue weighted by atomic mass is 9.87. The average Bonchev–Trinajstić information content (AvgIpc) is 2.29. The molecule has 3 nitrogen and oxygen atoms in total. The molecule has 1 saturated carbocycles. The van der Waals surface area contributed by atoms with Crippen LogP contribution in [0.1, 0.15) is 52.9 Å². The third-order valence-corrected chi connectivity index (χ3v) is 3.86. The summed E-state index contributed by atoms with van der Waals surface area (Å²) in [6.45, 7) is 9.41. The summed E-state index contributed by atoms with van der Waals surface area (Å²) in [5.41, 5.74) is 5.97. The Morgan fingerprint density at radius 1 is 1.29 bits per heavy atom. The summed E-state index contributed by atoms with van der Waals surface area (Å²) >= 11 is 0. The molecule has 3 heteroatoms. The predicted molar refractivity (Wildman–Crippen MR) is 73.0 cm³/mol. The molecule has 0 amide bonds. The van der Waals surface area contributed by atoms with Crippen LogP contribution in [0.5, 0.6) is 0 Å². The van der Waals surface area contributed by atoms with Crippen LogP contribution >= 0.6 is 0 Å². The van der Waals surface area contributed by atoms with Gasteiger partial charge in [-0.3, -0.25) is 4.90 Å². The highest BCUT2D eigenvalue weighted by Crippen LogP contribution is 2.26. The van der Waals surface area contributed by atoms with E-state index in [0.717, 1.165) is 32.4 Å². The number of nitrogens with zero attached hydrogens (tertiary/aromatic N) is 1. The molecule has 0 heterocycles. The van der Waals surface area contributed by atoms with Gasteiger partial charge in [-0.15, -0.1) is 0 Å². The number of hydrogen-bond donors (Lipinski definition) is 2. The monoisotopic (exact) mass is 242 g/mol. The first-order valence-corrected chi connectivity index (χ1v) is 7.12. The molecule has 0 spiro atoms. The summed E-state index contributed by atoms with van der Waals surface area (Å²) in [7, 11) is 0. The van der Waals surface area contributed by atoms with Crippen LogP contribution < -0.4 is 5.73 Å². The van der Waals surface area contributed by atoms with Crippen LogP contribution in [0.25, 0.3) is 0 Å². The van der Waals surface area contributed by atoms with Gasteiger partial charge in [-0.25, -0.2) is 0 Å². The van der Waals surface area contributed by atoms with Gasteiger partial charge in [-0.05, 0) is 37.8 Å². The molecule has 17 heavy (non-hydrogen) atoms. The van der Waals surface area contributed by atoms with Crippen LogP contribution in [0.15, 0.2) is 0 Å². The molecule has 0 aromatic carbocycles. The Balaban J connectivity index is 2.63. The fourth-order valence-electron chi connectivity index (χ4n) is 2.78. The van der Waals surface area contributed by atoms with Crippen molar-refractivity contribution in [2.75, 3.05) is 19.6 Å². The second-order valence-electron chi connectivity index (χ2n) is 6.26. The molecule has 0 aromatic heterocycles. The van der Waals surface area contributed by atoms with E-state index in [0.29, 0.717) is 12.6 Å². The molecular formula is C14H30N2O. The van der Waals surface area contributed by atoms with Gasteiger partial charge in [0.15, 0.2) is 0 Å². The first-order chi connectivity index (χ1) is 8.00. The molecule has 0 saturated heterocycles. The van der Waals surface area contributed by atoms with Crippen molar-refractivity contribution in [1.29, 1.82) is 0 Å². The summed E-state index contributed by atoms with van der Waals surface area (Å²) in [4.78, 5) is 2.47. The molecule has 1 aliphatic rings. The highest BCUT2D eigenvalue weighted by Gasteiger charge is 2.31. The van der Waals surface area contributed by atoms with Gasteiger partial charge in [-0.2, -0.15) is 0 Å². The Hall–Kier alpha value is -0.120. The third-order valence-electron chi connectivity index (χ3n) is 3.86. The van der Waals surface area contributed by atoms with Crippen molar-refractivity contribution in [3.05, 3.63) is 0 Å². The zero-order chi connectivity index (χ0) is 12.9. The Labute approximate surface area is 106 Å². The summed E-state index contributed by atoms with van der Waals surface area (Å²) < 4.78 is 0. The van der Waals surface area contributed by atoms with Crippen LogP contribution in [0, 0.1) is 5.41 Å². The van der Waals surface area contributed by atoms with Gasteiger partial charge in [0.25, 0.3) is 0 Å². The van der Waals surface area contributed by atoms with E-state index in [1.165, 1.54) is 12.8 Å². The molecule has 2 unspecified atom stereocenters. The number of hydrogen-bond acceptors (Lipinski definition) is 3. The van der Waals surface area contributed by atoms with Crippen LogP contribution in [-0.2, 0) is 0 Å². The molecule has 102 valence electrons. The van der Waals surface area contributed by atoms with Crippen molar-refractivity contribution in [1.82, 2.24) is 4.90 Å². The molecular weight excluding hydrogens is 212 g/mol. The summed E-state index contributed by atoms with van der Waals surface area (Å²) in [5.74, 6) is 0. The maximum absolute atomic E-state index is 10.2. The minimum absolute atomic E-state index is 0.135. The lowest BCUT2D eigenvalue weighted by Crippen LogP contribution is -2.50. The lowest BCUT2D eigenvalue weighted by Gasteiger charge is -2.41. The maximum Gasteiger partial charge on any atom is 0.0695 e. The molecule has 1 aliphatic carbocycles. The standard InChI is InChI=1S/C14H30N2O/c1-4-9-16(11-14(2,3)10-15)12-7-5-6-8-13(12)17/h12-13,17H,4-11,15H2,1-3H3. The fraction of sp³-hybridized carbons (Fsp3) is 1.00. The number of aliphatic hydroxyl groups excluding tert-OH is 1. The van der Waals surface area contributed by atoms with Crippen molar-refractivity contribution in [3.8, 4) is 0 Å². The fourth-order valence-corrected chi connectivity index (χ4v) is 2.78. The highest BCUT2D eigenvalue weighted by atomic mass is 16.3. The zero-order valence-corrected chi connectivity index (χ0v) is 11.8. The summed E-state index contributed by atoms with van der Waals surface area (Å²) in [6, 6.07) is 0.356. The molecule has 0 aliphatic heterocycles. The topological polar surface area (TPSA) is 49.5 Å². The van der Waals surface area contributed by atoms with E-state index >= 15 is 0 Å². The van der Waals surface area contributed by atoms with Gasteiger partial charge in [-0.1, -0.05) is 33.6 Å². The lowest BCUT2D eigenvalue weighted by molar-refractivity contribution is 0.00440. The number of aliphatic hydroxyl groups is 1. The van der Waals surface area contributed by atoms with E-state index in [2.05, 4.69) is 25.7 Å². The van der Waals surface area contributed by atoms with Crippen LogP contribution in [0.3, 0.4) is 0 Å². The van der Waals surface area contributed by atoms with Gasteiger partial charge in [0.05, 0.1) is 6.10 Å². The van der Waals surface area contributed by atoms with Gasteiger partial charge in [0, 0.05) is 12.6 Å². The van der Waals surface area contributed by atoms with Gasteiger partial charge < -0.3 is 10.8 Å². The Bertz CT molecular complexity index is 218. The van der Waals surface area contributed by atoms with Crippen LogP contribution in [0.4, 0.5) is 0 Å². The Morgan fingerprint density at radius 3 is 2.47 bits per heavy atom. The minimum atomic E-state index is -0.135. The van der Waals surface area contributed by atoms with Gasteiger partial charge in [0.2, 0.25) is 0 Å². The molecule has 0 bridgehead atoms. The molecule has 2 atom stereocenters. The van der Waals surface area contributed by atoms with Crippen molar-refractivity contribution in [2.45, 2.75) is 65.0 Å². The zero-order valence-electron chi connectivity index (χ0n) is 11.8. The second kappa shape index (κ2) is 6.72. The predicted octanol–water partition coefficient (Wildman–Crippen LogP) is 1.99. The maximum atomic E-state index is 10.2. The van der Waals surface area contributed by atoms with E-state index in [1.807, 2.05) is 0 Å².